The number of aryl methyl sites for hydroxylation is 1. The van der Waals surface area contributed by atoms with Gasteiger partial charge in [-0.2, -0.15) is 0 Å². The molecule has 0 saturated carbocycles. The quantitative estimate of drug-likeness (QED) is 0.791. The summed E-state index contributed by atoms with van der Waals surface area (Å²) in [6.07, 6.45) is 3.51. The fraction of sp³-hybridized carbons (Fsp3) is 0.133. The molecule has 0 aliphatic heterocycles. The number of imidazole rings is 1. The molecule has 5 nitrogen and oxygen atoms in total. The van der Waals surface area contributed by atoms with Crippen molar-refractivity contribution in [2.24, 2.45) is 0 Å². The monoisotopic (exact) mass is 267 g/mol. The van der Waals surface area contributed by atoms with Crippen molar-refractivity contribution in [2.75, 3.05) is 0 Å². The van der Waals surface area contributed by atoms with Crippen molar-refractivity contribution < 1.29 is 9.90 Å². The van der Waals surface area contributed by atoms with Gasteiger partial charge in [-0.15, -0.1) is 0 Å². The van der Waals surface area contributed by atoms with Crippen molar-refractivity contribution in [1.82, 2.24) is 14.5 Å². The predicted octanol–water partition coefficient (Wildman–Crippen LogP) is 2.49. The van der Waals surface area contributed by atoms with Crippen LogP contribution in [0.15, 0.2) is 42.7 Å². The zero-order valence-electron chi connectivity index (χ0n) is 10.9. The fourth-order valence-electron chi connectivity index (χ4n) is 2.25. The first-order valence-electron chi connectivity index (χ1n) is 6.24. The lowest BCUT2D eigenvalue weighted by Crippen LogP contribution is -2.02. The number of rotatable bonds is 3. The summed E-state index contributed by atoms with van der Waals surface area (Å²) < 4.78 is 2.07. The van der Waals surface area contributed by atoms with Crippen molar-refractivity contribution in [2.45, 2.75) is 13.5 Å². The topological polar surface area (TPSA) is 68.0 Å². The minimum Gasteiger partial charge on any atom is -0.478 e. The van der Waals surface area contributed by atoms with Gasteiger partial charge < -0.3 is 9.67 Å². The van der Waals surface area contributed by atoms with Crippen LogP contribution in [0.25, 0.3) is 11.0 Å². The summed E-state index contributed by atoms with van der Waals surface area (Å²) in [4.78, 5) is 19.4. The number of carboxylic acids is 1. The molecule has 3 aromatic rings. The lowest BCUT2D eigenvalue weighted by Gasteiger charge is -2.06. The van der Waals surface area contributed by atoms with Gasteiger partial charge in [-0.05, 0) is 42.8 Å². The van der Waals surface area contributed by atoms with Crippen LogP contribution in [0, 0.1) is 6.92 Å². The highest BCUT2D eigenvalue weighted by molar-refractivity contribution is 5.92. The van der Waals surface area contributed by atoms with Gasteiger partial charge in [-0.3, -0.25) is 4.98 Å². The molecule has 0 spiro atoms. The van der Waals surface area contributed by atoms with Gasteiger partial charge in [-0.1, -0.05) is 0 Å². The number of aromatic nitrogens is 3. The molecule has 0 fully saturated rings. The van der Waals surface area contributed by atoms with E-state index in [-0.39, 0.29) is 5.56 Å². The number of nitrogens with zero attached hydrogens (tertiary/aromatic N) is 3. The molecule has 2 aromatic heterocycles. The molecule has 1 aromatic carbocycles. The van der Waals surface area contributed by atoms with Gasteiger partial charge in [0.05, 0.1) is 16.6 Å². The zero-order chi connectivity index (χ0) is 14.1. The number of aromatic carboxylic acids is 1. The maximum atomic E-state index is 11.0. The third-order valence-corrected chi connectivity index (χ3v) is 3.28. The summed E-state index contributed by atoms with van der Waals surface area (Å²) >= 11 is 0. The van der Waals surface area contributed by atoms with Gasteiger partial charge in [0.1, 0.15) is 5.82 Å². The van der Waals surface area contributed by atoms with Crippen molar-refractivity contribution >= 4 is 17.0 Å². The average molecular weight is 267 g/mol. The Kier molecular flexibility index (Phi) is 2.95. The molecule has 0 aliphatic rings. The van der Waals surface area contributed by atoms with E-state index in [0.29, 0.717) is 12.1 Å². The van der Waals surface area contributed by atoms with Crippen LogP contribution in [0.5, 0.6) is 0 Å². The molecule has 0 atom stereocenters. The number of pyridine rings is 1. The van der Waals surface area contributed by atoms with Gasteiger partial charge >= 0.3 is 5.97 Å². The number of hydrogen-bond acceptors (Lipinski definition) is 3. The Bertz CT molecular complexity index is 778. The van der Waals surface area contributed by atoms with Crippen molar-refractivity contribution in [3.05, 3.63) is 59.7 Å². The maximum absolute atomic E-state index is 11.0. The lowest BCUT2D eigenvalue weighted by molar-refractivity contribution is 0.0697. The normalized spacial score (nSPS) is 10.8. The highest BCUT2D eigenvalue weighted by atomic mass is 16.4. The van der Waals surface area contributed by atoms with Gasteiger partial charge in [0.15, 0.2) is 0 Å². The van der Waals surface area contributed by atoms with Crippen LogP contribution in [0.4, 0.5) is 0 Å². The highest BCUT2D eigenvalue weighted by Gasteiger charge is 2.10. The third kappa shape index (κ3) is 2.14. The molecule has 20 heavy (non-hydrogen) atoms. The van der Waals surface area contributed by atoms with E-state index in [2.05, 4.69) is 14.5 Å². The molecular formula is C15H13N3O2. The summed E-state index contributed by atoms with van der Waals surface area (Å²) in [5.74, 6) is -0.0763. The summed E-state index contributed by atoms with van der Waals surface area (Å²) in [5, 5.41) is 9.01. The first-order valence-corrected chi connectivity index (χ1v) is 6.24. The first-order chi connectivity index (χ1) is 9.65. The van der Waals surface area contributed by atoms with E-state index in [1.54, 1.807) is 30.6 Å². The fourth-order valence-corrected chi connectivity index (χ4v) is 2.25. The van der Waals surface area contributed by atoms with Crippen molar-refractivity contribution in [3.8, 4) is 0 Å². The second-order valence-corrected chi connectivity index (χ2v) is 4.61. The average Bonchev–Trinajstić information content (AvgIpc) is 2.75. The Morgan fingerprint density at radius 1 is 1.25 bits per heavy atom. The number of carbonyl (C=O) groups is 1. The largest absolute Gasteiger partial charge is 0.478 e. The van der Waals surface area contributed by atoms with Crippen LogP contribution in [-0.4, -0.2) is 25.6 Å². The van der Waals surface area contributed by atoms with Gasteiger partial charge in [0.25, 0.3) is 0 Å². The predicted molar refractivity (Wildman–Crippen MR) is 74.8 cm³/mol. The first kappa shape index (κ1) is 12.3. The molecule has 0 unspecified atom stereocenters. The van der Waals surface area contributed by atoms with Crippen molar-refractivity contribution in [3.63, 3.8) is 0 Å². The number of fused-ring (bicyclic) bond motifs is 1. The summed E-state index contributed by atoms with van der Waals surface area (Å²) in [6.45, 7) is 2.61. The Balaban J connectivity index is 2.07. The summed E-state index contributed by atoms with van der Waals surface area (Å²) in [7, 11) is 0. The molecule has 5 heteroatoms. The van der Waals surface area contributed by atoms with E-state index in [4.69, 9.17) is 5.11 Å². The molecule has 0 bridgehead atoms. The van der Waals surface area contributed by atoms with Gasteiger partial charge in [-0.25, -0.2) is 9.78 Å². The molecule has 0 aliphatic carbocycles. The smallest absolute Gasteiger partial charge is 0.335 e. The second-order valence-electron chi connectivity index (χ2n) is 4.61. The standard InChI is InChI=1S/C15H13N3O2/c1-10-17-13-8-12(15(19)20)2-3-14(13)18(10)9-11-4-6-16-7-5-11/h2-8H,9H2,1H3,(H,19,20). The van der Waals surface area contributed by atoms with E-state index in [0.717, 1.165) is 16.9 Å². The van der Waals surface area contributed by atoms with Crippen LogP contribution in [-0.2, 0) is 6.54 Å². The molecule has 0 saturated heterocycles. The van der Waals surface area contributed by atoms with Crippen LogP contribution < -0.4 is 0 Å². The van der Waals surface area contributed by atoms with E-state index in [1.165, 1.54) is 0 Å². The van der Waals surface area contributed by atoms with Crippen LogP contribution in [0.1, 0.15) is 21.7 Å². The zero-order valence-corrected chi connectivity index (χ0v) is 10.9. The van der Waals surface area contributed by atoms with Crippen LogP contribution in [0.2, 0.25) is 0 Å². The Labute approximate surface area is 115 Å². The Morgan fingerprint density at radius 3 is 2.70 bits per heavy atom. The highest BCUT2D eigenvalue weighted by Crippen LogP contribution is 2.19. The second kappa shape index (κ2) is 4.77. The summed E-state index contributed by atoms with van der Waals surface area (Å²) in [6, 6.07) is 8.93. The molecule has 100 valence electrons. The van der Waals surface area contributed by atoms with E-state index in [1.807, 2.05) is 19.1 Å². The van der Waals surface area contributed by atoms with E-state index in [9.17, 15) is 4.79 Å². The molecule has 0 radical (unpaired) electrons. The Hall–Kier alpha value is -2.69. The minimum absolute atomic E-state index is 0.256. The van der Waals surface area contributed by atoms with Crippen molar-refractivity contribution in [1.29, 1.82) is 0 Å². The maximum Gasteiger partial charge on any atom is 0.335 e. The van der Waals surface area contributed by atoms with Gasteiger partial charge in [0.2, 0.25) is 0 Å². The number of carboxylic acid groups (broad SMARTS) is 1. The lowest BCUT2D eigenvalue weighted by atomic mass is 10.2. The molecule has 0 amide bonds. The SMILES string of the molecule is Cc1nc2cc(C(=O)O)ccc2n1Cc1ccncc1. The van der Waals surface area contributed by atoms with E-state index < -0.39 is 5.97 Å². The van der Waals surface area contributed by atoms with Crippen LogP contribution in [0.3, 0.4) is 0 Å². The molecule has 3 rings (SSSR count). The van der Waals surface area contributed by atoms with E-state index >= 15 is 0 Å². The van der Waals surface area contributed by atoms with Crippen LogP contribution >= 0.6 is 0 Å². The molecule has 1 N–H and O–H groups in total. The minimum atomic E-state index is -0.937. The van der Waals surface area contributed by atoms with Gasteiger partial charge in [0, 0.05) is 18.9 Å². The third-order valence-electron chi connectivity index (χ3n) is 3.28. The molecular weight excluding hydrogens is 254 g/mol. The summed E-state index contributed by atoms with van der Waals surface area (Å²) in [5.41, 5.74) is 3.02. The number of benzene rings is 1. The Morgan fingerprint density at radius 2 is 2.00 bits per heavy atom. The molecule has 2 heterocycles. The number of hydrogen-bond donors (Lipinski definition) is 1.